The second-order valence-corrected chi connectivity index (χ2v) is 9.87. The van der Waals surface area contributed by atoms with E-state index >= 15 is 0 Å². The number of anilines is 1. The molecule has 0 saturated carbocycles. The third kappa shape index (κ3) is 5.97. The van der Waals surface area contributed by atoms with Crippen molar-refractivity contribution in [2.75, 3.05) is 5.73 Å². The van der Waals surface area contributed by atoms with Crippen LogP contribution in [-0.4, -0.2) is 28.6 Å². The fourth-order valence-corrected chi connectivity index (χ4v) is 4.88. The average molecular weight is 492 g/mol. The molecule has 0 radical (unpaired) electrons. The number of esters is 1. The summed E-state index contributed by atoms with van der Waals surface area (Å²) in [6.45, 7) is 8.07. The van der Waals surface area contributed by atoms with Crippen LogP contribution in [0, 0.1) is 5.41 Å². The smallest absolute Gasteiger partial charge is 0.342 e. The number of ether oxygens (including phenoxy) is 1. The molecule has 2 atom stereocenters. The van der Waals surface area contributed by atoms with Gasteiger partial charge in [0.2, 0.25) is 0 Å². The van der Waals surface area contributed by atoms with Gasteiger partial charge in [0, 0.05) is 11.5 Å². The summed E-state index contributed by atoms with van der Waals surface area (Å²) >= 11 is 0. The van der Waals surface area contributed by atoms with Crippen molar-refractivity contribution in [3.8, 4) is 5.75 Å². The van der Waals surface area contributed by atoms with Crippen LogP contribution < -0.4 is 5.73 Å². The number of nitrogens with one attached hydrogen (secondary N) is 1. The molecule has 0 aromatic heterocycles. The van der Waals surface area contributed by atoms with E-state index in [9.17, 15) is 9.90 Å². The van der Waals surface area contributed by atoms with Crippen LogP contribution in [-0.2, 0) is 11.2 Å². The van der Waals surface area contributed by atoms with Crippen LogP contribution in [0.5, 0.6) is 5.75 Å². The van der Waals surface area contributed by atoms with Crippen LogP contribution >= 0.6 is 0 Å². The van der Waals surface area contributed by atoms with Gasteiger partial charge in [-0.2, -0.15) is 0 Å². The minimum absolute atomic E-state index is 0.0509. The number of phenols is 1. The Morgan fingerprint density at radius 2 is 1.72 bits per heavy atom. The first-order valence-corrected chi connectivity index (χ1v) is 13.4. The summed E-state index contributed by atoms with van der Waals surface area (Å²) in [5.74, 6) is -0.772. The molecule has 6 nitrogen and oxygen atoms in total. The van der Waals surface area contributed by atoms with Crippen molar-refractivity contribution >= 4 is 28.8 Å². The molecule has 0 spiro atoms. The number of benzene rings is 2. The zero-order valence-corrected chi connectivity index (χ0v) is 22.2. The molecule has 2 aromatic carbocycles. The molecular weight excluding hydrogens is 450 g/mol. The summed E-state index contributed by atoms with van der Waals surface area (Å²) in [5.41, 5.74) is 9.50. The van der Waals surface area contributed by atoms with Crippen LogP contribution in [0.15, 0.2) is 35.3 Å². The Morgan fingerprint density at radius 1 is 1.06 bits per heavy atom. The van der Waals surface area contributed by atoms with Gasteiger partial charge in [0.1, 0.15) is 11.3 Å². The van der Waals surface area contributed by atoms with Crippen LogP contribution in [0.25, 0.3) is 0 Å². The van der Waals surface area contributed by atoms with Crippen molar-refractivity contribution < 1.29 is 14.6 Å². The van der Waals surface area contributed by atoms with Crippen LogP contribution in [0.2, 0.25) is 0 Å². The number of aliphatic imine (C=N–C) groups is 1. The Kier molecular flexibility index (Phi) is 9.68. The number of nitrogen functional groups attached to an aromatic ring is 1. The molecule has 4 N–H and O–H groups in total. The Hall–Kier alpha value is -3.15. The standard InChI is InChI=1S/C30H41N3O3/c1-5-7-8-9-10-12-16-19(3)36-30(35)24-25(31)22(15-6-2)29(34)23-26(32)27(33-28(23)24)20(4)21-17-13-11-14-18-21/h11,13-14,17-20,32,34H,5-10,12,15-16,31H2,1-4H3. The van der Waals surface area contributed by atoms with Gasteiger partial charge in [-0.3, -0.25) is 5.41 Å². The highest BCUT2D eigenvalue weighted by Gasteiger charge is 2.36. The lowest BCUT2D eigenvalue weighted by atomic mass is 9.89. The lowest BCUT2D eigenvalue weighted by molar-refractivity contribution is 0.0321. The maximum atomic E-state index is 13.4. The Morgan fingerprint density at radius 3 is 2.39 bits per heavy atom. The summed E-state index contributed by atoms with van der Waals surface area (Å²) in [4.78, 5) is 18.1. The summed E-state index contributed by atoms with van der Waals surface area (Å²) < 4.78 is 5.82. The number of aromatic hydroxyl groups is 1. The van der Waals surface area contributed by atoms with Gasteiger partial charge in [0.15, 0.2) is 0 Å². The molecule has 0 bridgehead atoms. The van der Waals surface area contributed by atoms with Crippen molar-refractivity contribution in [2.45, 2.75) is 97.5 Å². The van der Waals surface area contributed by atoms with Gasteiger partial charge in [0.05, 0.1) is 34.5 Å². The second kappa shape index (κ2) is 12.7. The predicted molar refractivity (Wildman–Crippen MR) is 148 cm³/mol. The highest BCUT2D eigenvalue weighted by Crippen LogP contribution is 2.46. The molecule has 3 rings (SSSR count). The van der Waals surface area contributed by atoms with Gasteiger partial charge in [-0.25, -0.2) is 9.79 Å². The molecule has 2 unspecified atom stereocenters. The minimum Gasteiger partial charge on any atom is -0.507 e. The molecule has 36 heavy (non-hydrogen) atoms. The van der Waals surface area contributed by atoms with E-state index in [4.69, 9.17) is 20.9 Å². The maximum absolute atomic E-state index is 13.4. The lowest BCUT2D eigenvalue weighted by Gasteiger charge is -2.19. The van der Waals surface area contributed by atoms with Crippen molar-refractivity contribution in [2.24, 2.45) is 4.99 Å². The monoisotopic (exact) mass is 491 g/mol. The zero-order chi connectivity index (χ0) is 26.2. The topological polar surface area (TPSA) is 109 Å². The van der Waals surface area contributed by atoms with Crippen molar-refractivity contribution in [3.63, 3.8) is 0 Å². The molecule has 2 aromatic rings. The number of hydrogen-bond donors (Lipinski definition) is 3. The highest BCUT2D eigenvalue weighted by molar-refractivity contribution is 6.53. The lowest BCUT2D eigenvalue weighted by Crippen LogP contribution is -2.19. The molecule has 194 valence electrons. The zero-order valence-electron chi connectivity index (χ0n) is 22.2. The first-order chi connectivity index (χ1) is 17.3. The summed E-state index contributed by atoms with van der Waals surface area (Å²) in [5, 5.41) is 20.0. The van der Waals surface area contributed by atoms with E-state index in [2.05, 4.69) is 6.92 Å². The third-order valence-corrected chi connectivity index (χ3v) is 7.02. The fraction of sp³-hybridized carbons (Fsp3) is 0.500. The summed E-state index contributed by atoms with van der Waals surface area (Å²) in [6.07, 6.45) is 8.82. The Labute approximate surface area is 215 Å². The number of phenolic OH excluding ortho intramolecular Hbond substituents is 1. The number of unbranched alkanes of at least 4 members (excludes halogenated alkanes) is 5. The van der Waals surface area contributed by atoms with E-state index in [1.54, 1.807) is 0 Å². The summed E-state index contributed by atoms with van der Waals surface area (Å²) in [6, 6.07) is 9.80. The predicted octanol–water partition coefficient (Wildman–Crippen LogP) is 7.48. The molecule has 0 saturated heterocycles. The number of carbonyl (C=O) groups is 1. The number of fused-ring (bicyclic) bond motifs is 1. The first-order valence-electron chi connectivity index (χ1n) is 13.4. The van der Waals surface area contributed by atoms with E-state index in [0.29, 0.717) is 17.7 Å². The average Bonchev–Trinajstić information content (AvgIpc) is 3.20. The van der Waals surface area contributed by atoms with Gasteiger partial charge >= 0.3 is 5.97 Å². The fourth-order valence-electron chi connectivity index (χ4n) is 4.88. The molecule has 0 amide bonds. The van der Waals surface area contributed by atoms with Gasteiger partial charge in [-0.15, -0.1) is 0 Å². The van der Waals surface area contributed by atoms with E-state index in [0.717, 1.165) is 31.2 Å². The molecule has 0 aliphatic carbocycles. The maximum Gasteiger partial charge on any atom is 0.342 e. The highest BCUT2D eigenvalue weighted by atomic mass is 16.5. The van der Waals surface area contributed by atoms with Crippen LogP contribution in [0.1, 0.15) is 112 Å². The first kappa shape index (κ1) is 27.4. The minimum atomic E-state index is -0.537. The number of nitrogens with two attached hydrogens (primary N) is 1. The van der Waals surface area contributed by atoms with Crippen molar-refractivity contribution in [1.29, 1.82) is 5.41 Å². The summed E-state index contributed by atoms with van der Waals surface area (Å²) in [7, 11) is 0. The SMILES string of the molecule is CCCCCCCCC(C)OC(=O)c1c(N)c(CCC)c(O)c2c1N=C(C(C)c1ccccc1)C2=N. The number of carbonyl (C=O) groups excluding carboxylic acids is 1. The Bertz CT molecular complexity index is 1110. The molecule has 1 aliphatic rings. The van der Waals surface area contributed by atoms with E-state index in [1.165, 1.54) is 25.7 Å². The number of nitrogens with zero attached hydrogens (tertiary/aromatic N) is 1. The molecule has 1 aliphatic heterocycles. The molecule has 6 heteroatoms. The van der Waals surface area contributed by atoms with Crippen molar-refractivity contribution in [3.05, 3.63) is 52.6 Å². The van der Waals surface area contributed by atoms with Crippen LogP contribution in [0.3, 0.4) is 0 Å². The van der Waals surface area contributed by atoms with E-state index in [1.807, 2.05) is 51.1 Å². The van der Waals surface area contributed by atoms with Gasteiger partial charge in [-0.05, 0) is 31.7 Å². The van der Waals surface area contributed by atoms with Gasteiger partial charge in [-0.1, -0.05) is 89.6 Å². The molecule has 0 fully saturated rings. The Balaban J connectivity index is 1.89. The molecule has 1 heterocycles. The third-order valence-electron chi connectivity index (χ3n) is 7.02. The van der Waals surface area contributed by atoms with E-state index in [-0.39, 0.29) is 46.0 Å². The van der Waals surface area contributed by atoms with Crippen LogP contribution in [0.4, 0.5) is 11.4 Å². The van der Waals surface area contributed by atoms with E-state index < -0.39 is 5.97 Å². The second-order valence-electron chi connectivity index (χ2n) is 9.87. The number of hydrogen-bond acceptors (Lipinski definition) is 6. The largest absolute Gasteiger partial charge is 0.507 e. The normalized spacial score (nSPS) is 14.3. The van der Waals surface area contributed by atoms with Gasteiger partial charge < -0.3 is 15.6 Å². The molecular formula is C30H41N3O3. The quantitative estimate of drug-likeness (QED) is 0.153. The van der Waals surface area contributed by atoms with Crippen molar-refractivity contribution in [1.82, 2.24) is 0 Å². The number of rotatable bonds is 13. The van der Waals surface area contributed by atoms with Gasteiger partial charge in [0.25, 0.3) is 0 Å².